The number of halogens is 1. The van der Waals surface area contributed by atoms with Crippen LogP contribution in [0.5, 0.6) is 0 Å². The zero-order chi connectivity index (χ0) is 20.8. The first-order valence-corrected chi connectivity index (χ1v) is 10.3. The molecule has 3 aromatic rings. The molecule has 0 bridgehead atoms. The number of thiazole rings is 1. The molecule has 0 saturated carbocycles. The summed E-state index contributed by atoms with van der Waals surface area (Å²) in [5.74, 6) is -0.391. The number of hydrogen-bond acceptors (Lipinski definition) is 7. The van der Waals surface area contributed by atoms with Gasteiger partial charge in [-0.1, -0.05) is 0 Å². The molecule has 2 aliphatic rings. The van der Waals surface area contributed by atoms with Crippen LogP contribution in [0.1, 0.15) is 16.7 Å². The van der Waals surface area contributed by atoms with Crippen molar-refractivity contribution in [2.75, 3.05) is 11.9 Å². The normalized spacial score (nSPS) is 21.8. The van der Waals surface area contributed by atoms with Gasteiger partial charge in [-0.3, -0.25) is 9.78 Å². The summed E-state index contributed by atoms with van der Waals surface area (Å²) < 4.78 is 13.2. The summed E-state index contributed by atoms with van der Waals surface area (Å²) in [6.07, 6.45) is 7.23. The number of fused-ring (bicyclic) bond motifs is 1. The Hall–Kier alpha value is -3.51. The Morgan fingerprint density at radius 1 is 1.30 bits per heavy atom. The van der Waals surface area contributed by atoms with E-state index in [1.165, 1.54) is 23.5 Å². The van der Waals surface area contributed by atoms with Crippen molar-refractivity contribution in [3.8, 4) is 16.6 Å². The van der Waals surface area contributed by atoms with E-state index in [0.29, 0.717) is 11.6 Å². The van der Waals surface area contributed by atoms with Crippen molar-refractivity contribution < 1.29 is 9.18 Å². The highest BCUT2D eigenvalue weighted by atomic mass is 32.1. The van der Waals surface area contributed by atoms with Crippen LogP contribution in [0, 0.1) is 17.3 Å². The number of aromatic nitrogens is 2. The number of rotatable bonds is 4. The predicted molar refractivity (Wildman–Crippen MR) is 111 cm³/mol. The summed E-state index contributed by atoms with van der Waals surface area (Å²) in [5.41, 5.74) is 2.34. The van der Waals surface area contributed by atoms with Crippen molar-refractivity contribution >= 4 is 28.6 Å². The van der Waals surface area contributed by atoms with Gasteiger partial charge in [-0.2, -0.15) is 5.26 Å². The number of anilines is 2. The summed E-state index contributed by atoms with van der Waals surface area (Å²) >= 11 is 1.33. The van der Waals surface area contributed by atoms with E-state index in [0.717, 1.165) is 21.8 Å². The third-order valence-electron chi connectivity index (χ3n) is 5.61. The lowest BCUT2D eigenvalue weighted by Gasteiger charge is -2.20. The summed E-state index contributed by atoms with van der Waals surface area (Å²) in [5, 5.41) is 12.8. The second-order valence-electron chi connectivity index (χ2n) is 7.35. The number of amides is 1. The van der Waals surface area contributed by atoms with Crippen LogP contribution in [0.25, 0.3) is 10.4 Å². The van der Waals surface area contributed by atoms with E-state index >= 15 is 0 Å². The fraction of sp³-hybridized carbons (Fsp3) is 0.238. The highest BCUT2D eigenvalue weighted by Crippen LogP contribution is 2.42. The summed E-state index contributed by atoms with van der Waals surface area (Å²) in [7, 11) is 0. The fourth-order valence-electron chi connectivity index (χ4n) is 4.03. The first-order chi connectivity index (χ1) is 14.6. The number of pyridine rings is 1. The number of nitriles is 1. The van der Waals surface area contributed by atoms with Crippen LogP contribution in [0.2, 0.25) is 0 Å². The molecule has 2 saturated heterocycles. The molecule has 2 unspecified atom stereocenters. The van der Waals surface area contributed by atoms with E-state index < -0.39 is 0 Å². The average molecular weight is 420 g/mol. The Morgan fingerprint density at radius 2 is 2.10 bits per heavy atom. The Bertz CT molecular complexity index is 1160. The molecule has 1 aromatic carbocycles. The SMILES string of the molecule is CC1[C@H]2C(CN1C#N)N2C(=O)c1ncc(-c2ccncc2Nc2ccc(F)cc2)s1. The van der Waals surface area contributed by atoms with E-state index in [1.807, 2.05) is 17.9 Å². The molecule has 7 nitrogen and oxygen atoms in total. The van der Waals surface area contributed by atoms with Crippen molar-refractivity contribution in [1.82, 2.24) is 19.8 Å². The quantitative estimate of drug-likeness (QED) is 0.514. The molecule has 2 aromatic heterocycles. The lowest BCUT2D eigenvalue weighted by Crippen LogP contribution is -2.35. The number of nitrogens with zero attached hydrogens (tertiary/aromatic N) is 5. The molecule has 5 rings (SSSR count). The molecule has 3 atom stereocenters. The van der Waals surface area contributed by atoms with E-state index in [1.54, 1.807) is 35.6 Å². The third kappa shape index (κ3) is 3.06. The van der Waals surface area contributed by atoms with Crippen LogP contribution in [-0.2, 0) is 0 Å². The third-order valence-corrected chi connectivity index (χ3v) is 6.63. The van der Waals surface area contributed by atoms with Crippen LogP contribution in [-0.4, -0.2) is 50.3 Å². The lowest BCUT2D eigenvalue weighted by molar-refractivity contribution is 0.0832. The Morgan fingerprint density at radius 3 is 2.80 bits per heavy atom. The molecule has 30 heavy (non-hydrogen) atoms. The summed E-state index contributed by atoms with van der Waals surface area (Å²) in [4.78, 5) is 25.8. The second kappa shape index (κ2) is 7.07. The molecule has 0 spiro atoms. The number of benzene rings is 1. The second-order valence-corrected chi connectivity index (χ2v) is 8.38. The average Bonchev–Trinajstić information content (AvgIpc) is 3.08. The Balaban J connectivity index is 1.36. The molecule has 150 valence electrons. The molecular formula is C21H17FN6OS. The minimum atomic E-state index is -0.301. The molecule has 0 aliphatic carbocycles. The molecule has 2 fully saturated rings. The molecule has 2 aliphatic heterocycles. The number of nitrogens with one attached hydrogen (secondary N) is 1. The number of piperazine rings is 1. The van der Waals surface area contributed by atoms with Gasteiger partial charge in [0.25, 0.3) is 5.91 Å². The molecule has 9 heteroatoms. The number of hydrogen-bond donors (Lipinski definition) is 1. The van der Waals surface area contributed by atoms with Gasteiger partial charge < -0.3 is 15.1 Å². The number of carbonyl (C=O) groups is 1. The highest BCUT2D eigenvalue weighted by Gasteiger charge is 2.61. The van der Waals surface area contributed by atoms with Crippen LogP contribution >= 0.6 is 11.3 Å². The highest BCUT2D eigenvalue weighted by molar-refractivity contribution is 7.17. The van der Waals surface area contributed by atoms with Gasteiger partial charge in [0.15, 0.2) is 11.2 Å². The summed E-state index contributed by atoms with van der Waals surface area (Å²) in [6.45, 7) is 2.56. The Labute approximate surface area is 176 Å². The van der Waals surface area contributed by atoms with Gasteiger partial charge in [-0.15, -0.1) is 11.3 Å². The molecule has 0 radical (unpaired) electrons. The first-order valence-electron chi connectivity index (χ1n) is 9.48. The van der Waals surface area contributed by atoms with Crippen molar-refractivity contribution in [3.63, 3.8) is 0 Å². The van der Waals surface area contributed by atoms with Gasteiger partial charge in [0.2, 0.25) is 0 Å². The monoisotopic (exact) mass is 420 g/mol. The van der Waals surface area contributed by atoms with Crippen molar-refractivity contribution in [3.05, 3.63) is 59.7 Å². The van der Waals surface area contributed by atoms with Crippen molar-refractivity contribution in [1.29, 1.82) is 5.26 Å². The summed E-state index contributed by atoms with van der Waals surface area (Å²) in [6, 6.07) is 8.14. The van der Waals surface area contributed by atoms with Gasteiger partial charge in [0.05, 0.1) is 41.4 Å². The van der Waals surface area contributed by atoms with Crippen molar-refractivity contribution in [2.45, 2.75) is 25.0 Å². The maximum Gasteiger partial charge on any atom is 0.283 e. The van der Waals surface area contributed by atoms with Gasteiger partial charge >= 0.3 is 0 Å². The van der Waals surface area contributed by atoms with Gasteiger partial charge in [0, 0.05) is 23.6 Å². The fourth-order valence-corrected chi connectivity index (χ4v) is 4.93. The van der Waals surface area contributed by atoms with Crippen LogP contribution < -0.4 is 5.32 Å². The smallest absolute Gasteiger partial charge is 0.283 e. The maximum absolute atomic E-state index is 13.2. The minimum Gasteiger partial charge on any atom is -0.354 e. The Kier molecular flexibility index (Phi) is 4.37. The van der Waals surface area contributed by atoms with Crippen LogP contribution in [0.3, 0.4) is 0 Å². The van der Waals surface area contributed by atoms with E-state index in [9.17, 15) is 9.18 Å². The zero-order valence-corrected chi connectivity index (χ0v) is 16.8. The van der Waals surface area contributed by atoms with E-state index in [-0.39, 0.29) is 29.8 Å². The van der Waals surface area contributed by atoms with Crippen LogP contribution in [0.15, 0.2) is 48.9 Å². The van der Waals surface area contributed by atoms with Crippen molar-refractivity contribution in [2.24, 2.45) is 0 Å². The lowest BCUT2D eigenvalue weighted by atomic mass is 10.2. The topological polar surface area (TPSA) is 84.9 Å². The minimum absolute atomic E-state index is 0.0371. The predicted octanol–water partition coefficient (Wildman–Crippen LogP) is 3.47. The molecule has 1 N–H and O–H groups in total. The molecular weight excluding hydrogens is 403 g/mol. The molecule has 1 amide bonds. The number of carbonyl (C=O) groups excluding carboxylic acids is 1. The van der Waals surface area contributed by atoms with Gasteiger partial charge in [0.1, 0.15) is 5.82 Å². The largest absolute Gasteiger partial charge is 0.354 e. The van der Waals surface area contributed by atoms with Crippen LogP contribution in [0.4, 0.5) is 15.8 Å². The standard InChI is InChI=1S/C21H17FN6OS/c1-12-19-17(10-27(12)11-23)28(19)21(29)20-25-9-18(30-20)15-6-7-24-8-16(15)26-14-4-2-13(22)3-5-14/h2-9,12,17,19,26H,10H2,1H3/t12?,17?,19-,28?/m0/s1. The van der Waals surface area contributed by atoms with Gasteiger partial charge in [-0.05, 0) is 37.3 Å². The van der Waals surface area contributed by atoms with Gasteiger partial charge in [-0.25, -0.2) is 9.37 Å². The van der Waals surface area contributed by atoms with E-state index in [4.69, 9.17) is 5.26 Å². The maximum atomic E-state index is 13.2. The zero-order valence-electron chi connectivity index (χ0n) is 16.0. The molecule has 4 heterocycles. The van der Waals surface area contributed by atoms with E-state index in [2.05, 4.69) is 21.5 Å². The number of likely N-dealkylation sites (tertiary alicyclic amines) is 1. The first kappa shape index (κ1) is 18.5.